The lowest BCUT2D eigenvalue weighted by molar-refractivity contribution is 0.755. The van der Waals surface area contributed by atoms with E-state index in [0.29, 0.717) is 5.88 Å². The van der Waals surface area contributed by atoms with E-state index in [-0.39, 0.29) is 0 Å². The van der Waals surface area contributed by atoms with Crippen molar-refractivity contribution >= 4 is 34.4 Å². The lowest BCUT2D eigenvalue weighted by Gasteiger charge is -2.05. The van der Waals surface area contributed by atoms with Crippen LogP contribution in [0.4, 0.5) is 0 Å². The maximum atomic E-state index is 5.89. The molecule has 1 heterocycles. The SMILES string of the molecule is CSCCn1c(CCl)nc2ccccc21. The Morgan fingerprint density at radius 3 is 2.93 bits per heavy atom. The third kappa shape index (κ3) is 2.13. The molecular weight excluding hydrogens is 228 g/mol. The zero-order valence-electron chi connectivity index (χ0n) is 8.61. The molecule has 2 aromatic rings. The fourth-order valence-electron chi connectivity index (χ4n) is 1.66. The number of thioether (sulfide) groups is 1. The lowest BCUT2D eigenvalue weighted by atomic mass is 10.3. The van der Waals surface area contributed by atoms with Crippen LogP contribution in [0, 0.1) is 0 Å². The predicted molar refractivity (Wildman–Crippen MR) is 67.7 cm³/mol. The molecular formula is C11H13ClN2S. The summed E-state index contributed by atoms with van der Waals surface area (Å²) < 4.78 is 2.21. The molecule has 0 fully saturated rings. The van der Waals surface area contributed by atoms with Gasteiger partial charge in [-0.2, -0.15) is 11.8 Å². The van der Waals surface area contributed by atoms with Gasteiger partial charge in [-0.1, -0.05) is 12.1 Å². The van der Waals surface area contributed by atoms with Crippen LogP contribution in [0.5, 0.6) is 0 Å². The van der Waals surface area contributed by atoms with Crippen LogP contribution >= 0.6 is 23.4 Å². The van der Waals surface area contributed by atoms with Gasteiger partial charge in [-0.05, 0) is 18.4 Å². The monoisotopic (exact) mass is 240 g/mol. The van der Waals surface area contributed by atoms with Crippen LogP contribution in [0.1, 0.15) is 5.82 Å². The number of hydrogen-bond donors (Lipinski definition) is 0. The van der Waals surface area contributed by atoms with Crippen molar-refractivity contribution in [3.63, 3.8) is 0 Å². The molecule has 0 aliphatic heterocycles. The van der Waals surface area contributed by atoms with E-state index in [0.717, 1.165) is 23.6 Å². The second-order valence-electron chi connectivity index (χ2n) is 3.29. The quantitative estimate of drug-likeness (QED) is 0.765. The van der Waals surface area contributed by atoms with E-state index >= 15 is 0 Å². The standard InChI is InChI=1S/C11H13ClN2S/c1-15-7-6-14-10-5-3-2-4-9(10)13-11(14)8-12/h2-5H,6-8H2,1H3. The van der Waals surface area contributed by atoms with Gasteiger partial charge in [0.15, 0.2) is 0 Å². The Morgan fingerprint density at radius 2 is 2.20 bits per heavy atom. The highest BCUT2D eigenvalue weighted by Crippen LogP contribution is 2.17. The van der Waals surface area contributed by atoms with Crippen LogP contribution in [0.3, 0.4) is 0 Å². The number of hydrogen-bond acceptors (Lipinski definition) is 2. The molecule has 15 heavy (non-hydrogen) atoms. The largest absolute Gasteiger partial charge is 0.326 e. The molecule has 0 spiro atoms. The van der Waals surface area contributed by atoms with Crippen molar-refractivity contribution in [2.24, 2.45) is 0 Å². The number of halogens is 1. The molecule has 0 saturated carbocycles. The number of para-hydroxylation sites is 2. The van der Waals surface area contributed by atoms with Crippen molar-refractivity contribution in [2.45, 2.75) is 12.4 Å². The van der Waals surface area contributed by atoms with Crippen molar-refractivity contribution in [3.05, 3.63) is 30.1 Å². The highest BCUT2D eigenvalue weighted by molar-refractivity contribution is 7.98. The maximum Gasteiger partial charge on any atom is 0.124 e. The maximum absolute atomic E-state index is 5.89. The zero-order valence-corrected chi connectivity index (χ0v) is 10.2. The van der Waals surface area contributed by atoms with E-state index < -0.39 is 0 Å². The van der Waals surface area contributed by atoms with Crippen molar-refractivity contribution < 1.29 is 0 Å². The molecule has 0 aliphatic carbocycles. The average molecular weight is 241 g/mol. The zero-order chi connectivity index (χ0) is 10.7. The third-order valence-corrected chi connectivity index (χ3v) is 3.20. The Kier molecular flexibility index (Phi) is 3.54. The minimum Gasteiger partial charge on any atom is -0.326 e. The predicted octanol–water partition coefficient (Wildman–Crippen LogP) is 3.14. The van der Waals surface area contributed by atoms with Gasteiger partial charge in [0.25, 0.3) is 0 Å². The second-order valence-corrected chi connectivity index (χ2v) is 4.55. The lowest BCUT2D eigenvalue weighted by Crippen LogP contribution is -2.04. The number of rotatable bonds is 4. The van der Waals surface area contributed by atoms with Gasteiger partial charge in [0.1, 0.15) is 5.82 Å². The number of alkyl halides is 1. The number of aromatic nitrogens is 2. The summed E-state index contributed by atoms with van der Waals surface area (Å²) >= 11 is 7.73. The van der Waals surface area contributed by atoms with Crippen molar-refractivity contribution in [2.75, 3.05) is 12.0 Å². The van der Waals surface area contributed by atoms with Crippen LogP contribution in [-0.4, -0.2) is 21.6 Å². The first-order valence-electron chi connectivity index (χ1n) is 4.86. The first kappa shape index (κ1) is 10.8. The van der Waals surface area contributed by atoms with Gasteiger partial charge in [-0.25, -0.2) is 4.98 Å². The Hall–Kier alpha value is -0.670. The summed E-state index contributed by atoms with van der Waals surface area (Å²) in [6.45, 7) is 0.976. The Labute approximate surface area is 98.6 Å². The second kappa shape index (κ2) is 4.90. The number of aryl methyl sites for hydroxylation is 1. The first-order chi connectivity index (χ1) is 7.36. The van der Waals surface area contributed by atoms with Gasteiger partial charge in [0.05, 0.1) is 16.9 Å². The number of benzene rings is 1. The van der Waals surface area contributed by atoms with Crippen LogP contribution in [-0.2, 0) is 12.4 Å². The molecule has 4 heteroatoms. The van der Waals surface area contributed by atoms with Crippen LogP contribution < -0.4 is 0 Å². The molecule has 0 atom stereocenters. The molecule has 1 aromatic heterocycles. The molecule has 0 bridgehead atoms. The Balaban J connectivity index is 2.47. The number of fused-ring (bicyclic) bond motifs is 1. The van der Waals surface area contributed by atoms with Crippen LogP contribution in [0.2, 0.25) is 0 Å². The summed E-state index contributed by atoms with van der Waals surface area (Å²) in [7, 11) is 0. The summed E-state index contributed by atoms with van der Waals surface area (Å²) in [5.74, 6) is 2.53. The number of nitrogens with zero attached hydrogens (tertiary/aromatic N) is 2. The molecule has 0 amide bonds. The third-order valence-electron chi connectivity index (χ3n) is 2.37. The Bertz CT molecular complexity index is 453. The van der Waals surface area contributed by atoms with Gasteiger partial charge < -0.3 is 4.57 Å². The first-order valence-corrected chi connectivity index (χ1v) is 6.78. The minimum atomic E-state index is 0.475. The van der Waals surface area contributed by atoms with Gasteiger partial charge in [0, 0.05) is 12.3 Å². The summed E-state index contributed by atoms with van der Waals surface area (Å²) in [5, 5.41) is 0. The molecule has 0 N–H and O–H groups in total. The van der Waals surface area contributed by atoms with E-state index in [1.807, 2.05) is 30.0 Å². The summed E-state index contributed by atoms with van der Waals surface area (Å²) in [5.41, 5.74) is 2.22. The molecule has 0 saturated heterocycles. The molecule has 2 rings (SSSR count). The molecule has 0 aliphatic rings. The van der Waals surface area contributed by atoms with Crippen molar-refractivity contribution in [1.29, 1.82) is 0 Å². The van der Waals surface area contributed by atoms with Crippen molar-refractivity contribution in [3.8, 4) is 0 Å². The van der Waals surface area contributed by atoms with Gasteiger partial charge in [-0.3, -0.25) is 0 Å². The van der Waals surface area contributed by atoms with E-state index in [4.69, 9.17) is 11.6 Å². The van der Waals surface area contributed by atoms with Gasteiger partial charge >= 0.3 is 0 Å². The van der Waals surface area contributed by atoms with E-state index in [2.05, 4.69) is 21.9 Å². The van der Waals surface area contributed by atoms with Crippen LogP contribution in [0.15, 0.2) is 24.3 Å². The topological polar surface area (TPSA) is 17.8 Å². The average Bonchev–Trinajstić information content (AvgIpc) is 2.64. The van der Waals surface area contributed by atoms with E-state index in [9.17, 15) is 0 Å². The fraction of sp³-hybridized carbons (Fsp3) is 0.364. The summed E-state index contributed by atoms with van der Waals surface area (Å²) in [4.78, 5) is 4.51. The highest BCUT2D eigenvalue weighted by Gasteiger charge is 2.08. The van der Waals surface area contributed by atoms with Crippen molar-refractivity contribution in [1.82, 2.24) is 9.55 Å². The smallest absolute Gasteiger partial charge is 0.124 e. The molecule has 80 valence electrons. The minimum absolute atomic E-state index is 0.475. The molecule has 1 aromatic carbocycles. The van der Waals surface area contributed by atoms with E-state index in [1.54, 1.807) is 0 Å². The molecule has 0 radical (unpaired) electrons. The molecule has 0 unspecified atom stereocenters. The van der Waals surface area contributed by atoms with Gasteiger partial charge in [-0.15, -0.1) is 11.6 Å². The van der Waals surface area contributed by atoms with E-state index in [1.165, 1.54) is 5.52 Å². The summed E-state index contributed by atoms with van der Waals surface area (Å²) in [6, 6.07) is 8.17. The number of imidazole rings is 1. The summed E-state index contributed by atoms with van der Waals surface area (Å²) in [6.07, 6.45) is 2.11. The molecule has 2 nitrogen and oxygen atoms in total. The van der Waals surface area contributed by atoms with Gasteiger partial charge in [0.2, 0.25) is 0 Å². The Morgan fingerprint density at radius 1 is 1.40 bits per heavy atom. The highest BCUT2D eigenvalue weighted by atomic mass is 35.5. The fourth-order valence-corrected chi connectivity index (χ4v) is 2.23. The van der Waals surface area contributed by atoms with Crippen LogP contribution in [0.25, 0.3) is 11.0 Å². The normalized spacial score (nSPS) is 11.1.